The largest absolute Gasteiger partial charge is 0.314 e. The fourth-order valence-corrected chi connectivity index (χ4v) is 2.61. The molecule has 0 aliphatic heterocycles. The smallest absolute Gasteiger partial charge is 0.222 e. The normalized spacial score (nSPS) is 10.9. The van der Waals surface area contributed by atoms with Gasteiger partial charge in [0.15, 0.2) is 0 Å². The summed E-state index contributed by atoms with van der Waals surface area (Å²) in [5.41, 5.74) is 3.22. The zero-order chi connectivity index (χ0) is 20.0. The van der Waals surface area contributed by atoms with Crippen LogP contribution < -0.4 is 23.2 Å². The van der Waals surface area contributed by atoms with Crippen molar-refractivity contribution in [2.75, 3.05) is 0 Å². The zero-order valence-electron chi connectivity index (χ0n) is 14.6. The number of para-hydroxylation sites is 2. The molecule has 0 aliphatic rings. The molecule has 0 bridgehead atoms. The van der Waals surface area contributed by atoms with Crippen molar-refractivity contribution in [2.45, 2.75) is 0 Å². The summed E-state index contributed by atoms with van der Waals surface area (Å²) in [4.78, 5) is 0. The highest BCUT2D eigenvalue weighted by Crippen LogP contribution is 2.16. The lowest BCUT2D eigenvalue weighted by molar-refractivity contribution is -2.00. The van der Waals surface area contributed by atoms with Gasteiger partial charge < -0.3 is 0 Å². The van der Waals surface area contributed by atoms with Gasteiger partial charge >= 0.3 is 5.82 Å². The minimum atomic E-state index is -4.94. The molecule has 0 unspecified atom stereocenters. The summed E-state index contributed by atoms with van der Waals surface area (Å²) >= 11 is 0. The van der Waals surface area contributed by atoms with Crippen LogP contribution in [0.25, 0.3) is 22.8 Å². The van der Waals surface area contributed by atoms with Gasteiger partial charge in [0.05, 0.1) is 10.7 Å². The third-order valence-corrected chi connectivity index (χ3v) is 3.74. The third kappa shape index (κ3) is 5.46. The molecule has 0 amide bonds. The Hall–Kier alpha value is -3.07. The second kappa shape index (κ2) is 8.75. The molecular weight excluding hydrogens is 382 g/mol. The van der Waals surface area contributed by atoms with E-state index in [2.05, 4.69) is 41.0 Å². The van der Waals surface area contributed by atoms with E-state index >= 15 is 0 Å². The Balaban J connectivity index is 0.000000403. The topological polar surface area (TPSA) is 114 Å². The van der Waals surface area contributed by atoms with Crippen molar-refractivity contribution in [3.63, 3.8) is 0 Å². The number of benzene rings is 3. The van der Waals surface area contributed by atoms with Crippen LogP contribution in [0.2, 0.25) is 0 Å². The summed E-state index contributed by atoms with van der Waals surface area (Å²) in [6, 6.07) is 30.7. The predicted octanol–water partition coefficient (Wildman–Crippen LogP) is -0.940. The molecule has 4 aromatic rings. The molecule has 4 rings (SSSR count). The van der Waals surface area contributed by atoms with Crippen LogP contribution in [-0.2, 0) is 0 Å². The van der Waals surface area contributed by atoms with E-state index in [0.717, 1.165) is 22.8 Å². The second-order valence-corrected chi connectivity index (χ2v) is 6.42. The molecule has 0 fully saturated rings. The summed E-state index contributed by atoms with van der Waals surface area (Å²) in [5, 5.41) is 4.81. The quantitative estimate of drug-likeness (QED) is 0.414. The first-order valence-electron chi connectivity index (χ1n) is 8.21. The van der Waals surface area contributed by atoms with Crippen LogP contribution in [-0.4, -0.2) is 9.78 Å². The zero-order valence-corrected chi connectivity index (χ0v) is 15.3. The highest BCUT2D eigenvalue weighted by Gasteiger charge is 2.21. The summed E-state index contributed by atoms with van der Waals surface area (Å²) in [5.74, 6) is 0.917. The van der Waals surface area contributed by atoms with Gasteiger partial charge in [0, 0.05) is 0 Å². The van der Waals surface area contributed by atoms with Crippen LogP contribution >= 0.6 is 0 Å². The van der Waals surface area contributed by atoms with Gasteiger partial charge in [-0.15, -0.1) is 10.2 Å². The Morgan fingerprint density at radius 3 is 1.68 bits per heavy atom. The van der Waals surface area contributed by atoms with Crippen LogP contribution in [0.5, 0.6) is 0 Å². The van der Waals surface area contributed by atoms with E-state index in [-0.39, 0.29) is 0 Å². The van der Waals surface area contributed by atoms with E-state index in [0.29, 0.717) is 0 Å². The van der Waals surface area contributed by atoms with Gasteiger partial charge in [0.1, 0.15) is 11.4 Å². The number of rotatable bonds is 3. The molecular formula is C20H16ClN3O4. The van der Waals surface area contributed by atoms with E-state index in [1.165, 1.54) is 0 Å². The Bertz CT molecular complexity index is 941. The van der Waals surface area contributed by atoms with Crippen molar-refractivity contribution in [2.24, 2.45) is 0 Å². The van der Waals surface area contributed by atoms with Crippen LogP contribution in [0.15, 0.2) is 97.3 Å². The lowest BCUT2D eigenvalue weighted by Crippen LogP contribution is -2.68. The molecule has 0 saturated carbocycles. The molecule has 0 atom stereocenters. The fourth-order valence-electron chi connectivity index (χ4n) is 2.61. The highest BCUT2D eigenvalue weighted by molar-refractivity contribution is 5.52. The van der Waals surface area contributed by atoms with Crippen LogP contribution in [0.4, 0.5) is 0 Å². The van der Waals surface area contributed by atoms with Gasteiger partial charge in [-0.1, -0.05) is 59.3 Å². The summed E-state index contributed by atoms with van der Waals surface area (Å²) < 4.78 is 38.0. The predicted molar refractivity (Wildman–Crippen MR) is 90.5 cm³/mol. The number of halogens is 1. The first kappa shape index (κ1) is 19.7. The lowest BCUT2D eigenvalue weighted by atomic mass is 10.2. The van der Waals surface area contributed by atoms with Gasteiger partial charge in [-0.25, -0.2) is 18.6 Å². The average Bonchev–Trinajstić information content (AvgIpc) is 3.14. The maximum atomic E-state index is 8.49. The van der Waals surface area contributed by atoms with E-state index in [9.17, 15) is 0 Å². The molecule has 0 aliphatic carbocycles. The first-order valence-corrected chi connectivity index (χ1v) is 9.44. The molecule has 0 spiro atoms. The van der Waals surface area contributed by atoms with Crippen LogP contribution in [0, 0.1) is 10.2 Å². The van der Waals surface area contributed by atoms with Gasteiger partial charge in [-0.3, -0.25) is 0 Å². The lowest BCUT2D eigenvalue weighted by Gasteiger charge is -2.17. The maximum Gasteiger partial charge on any atom is 0.314 e. The van der Waals surface area contributed by atoms with E-state index in [4.69, 9.17) is 23.7 Å². The van der Waals surface area contributed by atoms with Crippen molar-refractivity contribution >= 4 is 0 Å². The van der Waals surface area contributed by atoms with Gasteiger partial charge in [-0.05, 0) is 36.4 Å². The number of hydrogen-bond acceptors (Lipinski definition) is 5. The molecule has 28 heavy (non-hydrogen) atoms. The molecule has 0 saturated heterocycles. The van der Waals surface area contributed by atoms with Crippen LogP contribution in [0.3, 0.4) is 0 Å². The molecule has 8 heteroatoms. The van der Waals surface area contributed by atoms with Crippen molar-refractivity contribution in [1.82, 2.24) is 9.78 Å². The third-order valence-electron chi connectivity index (χ3n) is 3.74. The Morgan fingerprint density at radius 1 is 0.679 bits per heavy atom. The van der Waals surface area contributed by atoms with Gasteiger partial charge in [0.25, 0.3) is 0 Å². The number of hydrogen-bond donors (Lipinski definition) is 0. The minimum absolute atomic E-state index is 0.917. The van der Waals surface area contributed by atoms with E-state index in [1.54, 1.807) is 0 Å². The maximum absolute atomic E-state index is 8.49. The first-order chi connectivity index (χ1) is 13.4. The van der Waals surface area contributed by atoms with Crippen molar-refractivity contribution in [1.29, 1.82) is 0 Å². The highest BCUT2D eigenvalue weighted by atomic mass is 35.7. The van der Waals surface area contributed by atoms with Crippen LogP contribution in [0.1, 0.15) is 0 Å². The SMILES string of the molecule is [O-][Cl+3]([O-])([O-])[O-].c1ccc(-c2nn(-c3ccccc3)c[n+]2-c2ccccc2)cc1. The molecule has 142 valence electrons. The van der Waals surface area contributed by atoms with Gasteiger partial charge in [0.2, 0.25) is 6.33 Å². The molecule has 3 aromatic carbocycles. The Labute approximate surface area is 163 Å². The molecule has 0 N–H and O–H groups in total. The molecule has 7 nitrogen and oxygen atoms in total. The van der Waals surface area contributed by atoms with Crippen molar-refractivity contribution in [3.8, 4) is 22.8 Å². The average molecular weight is 398 g/mol. The number of aromatic nitrogens is 3. The van der Waals surface area contributed by atoms with Crippen molar-refractivity contribution in [3.05, 3.63) is 97.3 Å². The Kier molecular flexibility index (Phi) is 6.15. The minimum Gasteiger partial charge on any atom is -0.222 e. The van der Waals surface area contributed by atoms with E-state index < -0.39 is 10.2 Å². The summed E-state index contributed by atoms with van der Waals surface area (Å²) in [6.07, 6.45) is 2.02. The number of nitrogens with zero attached hydrogens (tertiary/aromatic N) is 3. The summed E-state index contributed by atoms with van der Waals surface area (Å²) in [7, 11) is -4.94. The second-order valence-electron chi connectivity index (χ2n) is 5.67. The standard InChI is InChI=1S/C20H16N3.ClHO4/c1-4-10-17(11-5-1)20-21-23(19-14-8-3-9-15-19)16-22(20)18-12-6-2-7-13-18;2-1(3,4)5/h1-16H;(H,2,3,4,5)/q+1;/p-1. The fraction of sp³-hybridized carbons (Fsp3) is 0. The van der Waals surface area contributed by atoms with E-state index in [1.807, 2.05) is 65.6 Å². The molecule has 1 heterocycles. The van der Waals surface area contributed by atoms with Crippen molar-refractivity contribution < 1.29 is 33.4 Å². The molecule has 1 aromatic heterocycles. The van der Waals surface area contributed by atoms with Gasteiger partial charge in [-0.2, -0.15) is 4.57 Å². The Morgan fingerprint density at radius 2 is 1.14 bits per heavy atom. The summed E-state index contributed by atoms with van der Waals surface area (Å²) in [6.45, 7) is 0. The molecule has 0 radical (unpaired) electrons. The monoisotopic (exact) mass is 397 g/mol.